The van der Waals surface area contributed by atoms with Crippen LogP contribution in [0.1, 0.15) is 73.3 Å². The minimum Gasteiger partial charge on any atom is -0.200 e. The summed E-state index contributed by atoms with van der Waals surface area (Å²) in [6.45, 7) is 10.7. The minimum absolute atomic E-state index is 0.232. The maximum Gasteiger partial charge on any atom is 0.422 e. The van der Waals surface area contributed by atoms with Crippen molar-refractivity contribution in [1.29, 1.82) is 0 Å². The summed E-state index contributed by atoms with van der Waals surface area (Å²) in [4.78, 5) is 0. The van der Waals surface area contributed by atoms with E-state index in [1.807, 2.05) is 45.0 Å². The number of rotatable bonds is 3. The summed E-state index contributed by atoms with van der Waals surface area (Å²) in [5.74, 6) is 0.492. The molecule has 1 nitrogen and oxygen atoms in total. The third kappa shape index (κ3) is 4.92. The molecule has 0 bridgehead atoms. The Balaban J connectivity index is 1.79. The molecule has 0 aliphatic heterocycles. The monoisotopic (exact) mass is 466 g/mol. The second-order valence-electron chi connectivity index (χ2n) is 10.9. The van der Waals surface area contributed by atoms with Gasteiger partial charge in [0, 0.05) is 17.2 Å². The molecule has 0 saturated heterocycles. The number of pyridine rings is 1. The molecule has 180 valence electrons. The molecular formula is C30H35F3N+. The van der Waals surface area contributed by atoms with Crippen molar-refractivity contribution >= 4 is 0 Å². The fraction of sp³-hybridized carbons (Fsp3) is 0.433. The van der Waals surface area contributed by atoms with Gasteiger partial charge in [-0.1, -0.05) is 49.7 Å². The Morgan fingerprint density at radius 1 is 0.882 bits per heavy atom. The average molecular weight is 467 g/mol. The van der Waals surface area contributed by atoms with Gasteiger partial charge in [0.05, 0.1) is 0 Å². The molecule has 0 radical (unpaired) electrons. The molecule has 2 aromatic carbocycles. The van der Waals surface area contributed by atoms with Gasteiger partial charge in [-0.2, -0.15) is 13.2 Å². The van der Waals surface area contributed by atoms with Crippen LogP contribution in [-0.2, 0) is 13.2 Å². The molecule has 1 aromatic heterocycles. The Hall–Kier alpha value is -2.62. The smallest absolute Gasteiger partial charge is 0.200 e. The zero-order valence-corrected chi connectivity index (χ0v) is 21.1. The van der Waals surface area contributed by atoms with Crippen molar-refractivity contribution < 1.29 is 17.7 Å². The third-order valence-corrected chi connectivity index (χ3v) is 7.70. The van der Waals surface area contributed by atoms with Crippen molar-refractivity contribution in [1.82, 2.24) is 0 Å². The van der Waals surface area contributed by atoms with Crippen LogP contribution in [-0.4, -0.2) is 0 Å². The average Bonchev–Trinajstić information content (AvgIpc) is 2.76. The van der Waals surface area contributed by atoms with E-state index in [9.17, 15) is 13.2 Å². The highest BCUT2D eigenvalue weighted by molar-refractivity contribution is 5.74. The van der Waals surface area contributed by atoms with Gasteiger partial charge in [0.2, 0.25) is 5.69 Å². The Labute approximate surface area is 201 Å². The van der Waals surface area contributed by atoms with E-state index < -0.39 is 11.7 Å². The highest BCUT2D eigenvalue weighted by Gasteiger charge is 2.38. The first kappa shape index (κ1) is 24.5. The van der Waals surface area contributed by atoms with Crippen molar-refractivity contribution in [2.75, 3.05) is 0 Å². The molecule has 1 aliphatic carbocycles. The largest absolute Gasteiger partial charge is 0.422 e. The molecule has 0 amide bonds. The van der Waals surface area contributed by atoms with Gasteiger partial charge in [0.15, 0.2) is 6.20 Å². The second-order valence-corrected chi connectivity index (χ2v) is 10.9. The van der Waals surface area contributed by atoms with E-state index in [-0.39, 0.29) is 5.56 Å². The molecule has 0 unspecified atom stereocenters. The normalized spacial score (nSPS) is 16.6. The Bertz CT molecular complexity index is 1190. The number of hydrogen-bond acceptors (Lipinski definition) is 0. The van der Waals surface area contributed by atoms with E-state index in [4.69, 9.17) is 0 Å². The van der Waals surface area contributed by atoms with E-state index in [0.717, 1.165) is 40.8 Å². The molecule has 4 rings (SSSR count). The quantitative estimate of drug-likeness (QED) is 0.341. The summed E-state index contributed by atoms with van der Waals surface area (Å²) in [5.41, 5.74) is 6.93. The fourth-order valence-electron chi connectivity index (χ4n) is 5.35. The number of alkyl halides is 3. The predicted molar refractivity (Wildman–Crippen MR) is 133 cm³/mol. The Morgan fingerprint density at radius 2 is 1.50 bits per heavy atom. The zero-order valence-electron chi connectivity index (χ0n) is 21.1. The first-order chi connectivity index (χ1) is 15.9. The van der Waals surface area contributed by atoms with Gasteiger partial charge < -0.3 is 0 Å². The van der Waals surface area contributed by atoms with Gasteiger partial charge in [-0.15, -0.1) is 0 Å². The summed E-state index contributed by atoms with van der Waals surface area (Å²) in [7, 11) is 1.69. The summed E-state index contributed by atoms with van der Waals surface area (Å²) in [6, 6.07) is 13.7. The van der Waals surface area contributed by atoms with Crippen LogP contribution >= 0.6 is 0 Å². The van der Waals surface area contributed by atoms with Gasteiger partial charge in [0.25, 0.3) is 0 Å². The molecule has 3 aromatic rings. The van der Waals surface area contributed by atoms with E-state index in [1.54, 1.807) is 17.7 Å². The van der Waals surface area contributed by atoms with Crippen LogP contribution in [0.4, 0.5) is 13.2 Å². The van der Waals surface area contributed by atoms with Crippen molar-refractivity contribution in [2.24, 2.45) is 12.5 Å². The first-order valence-electron chi connectivity index (χ1n) is 12.2. The molecule has 0 spiro atoms. The van der Waals surface area contributed by atoms with Crippen molar-refractivity contribution in [3.8, 4) is 22.4 Å². The van der Waals surface area contributed by atoms with Crippen LogP contribution < -0.4 is 4.57 Å². The minimum atomic E-state index is -4.43. The van der Waals surface area contributed by atoms with Crippen LogP contribution in [0, 0.1) is 26.2 Å². The topological polar surface area (TPSA) is 3.88 Å². The first-order valence-corrected chi connectivity index (χ1v) is 12.2. The lowest BCUT2D eigenvalue weighted by Crippen LogP contribution is -2.33. The lowest BCUT2D eigenvalue weighted by Gasteiger charge is -2.34. The summed E-state index contributed by atoms with van der Waals surface area (Å²) >= 11 is 0. The van der Waals surface area contributed by atoms with E-state index >= 15 is 0 Å². The summed E-state index contributed by atoms with van der Waals surface area (Å²) in [5, 5.41) is 0. The molecule has 1 saturated carbocycles. The SMILES string of the molecule is Cc1cc(C)c(C)c(-c2cc(-c3ccc(C4CCC(C)(C)CC4)cc3)c(C(F)(F)F)c[n+]2C)c1. The summed E-state index contributed by atoms with van der Waals surface area (Å²) in [6.07, 6.45) is 1.45. The maximum absolute atomic E-state index is 14.1. The van der Waals surface area contributed by atoms with Gasteiger partial charge in [0.1, 0.15) is 12.6 Å². The van der Waals surface area contributed by atoms with Crippen LogP contribution in [0.3, 0.4) is 0 Å². The molecule has 1 heterocycles. The fourth-order valence-corrected chi connectivity index (χ4v) is 5.35. The molecule has 1 aliphatic rings. The van der Waals surface area contributed by atoms with Crippen molar-refractivity contribution in [2.45, 2.75) is 72.4 Å². The number of nitrogens with zero attached hydrogens (tertiary/aromatic N) is 1. The van der Waals surface area contributed by atoms with Gasteiger partial charge >= 0.3 is 6.18 Å². The van der Waals surface area contributed by atoms with Crippen molar-refractivity contribution in [3.63, 3.8) is 0 Å². The van der Waals surface area contributed by atoms with Crippen LogP contribution in [0.25, 0.3) is 22.4 Å². The lowest BCUT2D eigenvalue weighted by molar-refractivity contribution is -0.661. The highest BCUT2D eigenvalue weighted by Crippen LogP contribution is 2.43. The number of benzene rings is 2. The number of aromatic nitrogens is 1. The Kier molecular flexibility index (Phi) is 6.39. The molecule has 0 atom stereocenters. The number of aryl methyl sites for hydroxylation is 3. The van der Waals surface area contributed by atoms with E-state index in [2.05, 4.69) is 26.0 Å². The predicted octanol–water partition coefficient (Wildman–Crippen LogP) is 8.47. The molecule has 4 heteroatoms. The van der Waals surface area contributed by atoms with Gasteiger partial charge in [-0.3, -0.25) is 0 Å². The third-order valence-electron chi connectivity index (χ3n) is 7.70. The van der Waals surface area contributed by atoms with Crippen molar-refractivity contribution in [3.05, 3.63) is 76.5 Å². The standard InChI is InChI=1S/C30H35F3N/c1-19-15-20(2)21(3)25(16-19)28-17-26(27(18-34(28)6)30(31,32)33)24-9-7-22(8-10-24)23-11-13-29(4,5)14-12-23/h7-10,15-18,23H,11-14H2,1-6H3/q+1. The molecule has 0 N–H and O–H groups in total. The summed E-state index contributed by atoms with van der Waals surface area (Å²) < 4.78 is 43.9. The second kappa shape index (κ2) is 8.87. The van der Waals surface area contributed by atoms with Crippen LogP contribution in [0.15, 0.2) is 48.7 Å². The van der Waals surface area contributed by atoms with Gasteiger partial charge in [-0.05, 0) is 86.1 Å². The lowest BCUT2D eigenvalue weighted by atomic mass is 9.71. The van der Waals surface area contributed by atoms with Gasteiger partial charge in [-0.25, -0.2) is 4.57 Å². The number of hydrogen-bond donors (Lipinski definition) is 0. The van der Waals surface area contributed by atoms with E-state index in [1.165, 1.54) is 24.6 Å². The van der Waals surface area contributed by atoms with Crippen LogP contribution in [0.2, 0.25) is 0 Å². The highest BCUT2D eigenvalue weighted by atomic mass is 19.4. The zero-order chi connectivity index (χ0) is 24.8. The molecular weight excluding hydrogens is 431 g/mol. The molecule has 34 heavy (non-hydrogen) atoms. The van der Waals surface area contributed by atoms with Crippen LogP contribution in [0.5, 0.6) is 0 Å². The van der Waals surface area contributed by atoms with E-state index in [0.29, 0.717) is 16.9 Å². The number of halogens is 3. The Morgan fingerprint density at radius 3 is 2.09 bits per heavy atom. The maximum atomic E-state index is 14.1. The molecule has 1 fully saturated rings.